The molecule has 6 nitrogen and oxygen atoms in total. The summed E-state index contributed by atoms with van der Waals surface area (Å²) in [5.41, 5.74) is 1.80. The summed E-state index contributed by atoms with van der Waals surface area (Å²) in [7, 11) is 0. The van der Waals surface area contributed by atoms with Gasteiger partial charge in [0, 0.05) is 13.8 Å². The lowest BCUT2D eigenvalue weighted by Gasteiger charge is -2.26. The van der Waals surface area contributed by atoms with Gasteiger partial charge in [0.1, 0.15) is 6.26 Å². The second-order valence-electron chi connectivity index (χ2n) is 7.21. The number of halogens is 2. The van der Waals surface area contributed by atoms with Crippen molar-refractivity contribution in [1.82, 2.24) is 0 Å². The number of alkyl halides is 2. The number of hydrogen-bond acceptors (Lipinski definition) is 6. The third-order valence-electron chi connectivity index (χ3n) is 4.41. The molecular formula is C23H22F2O6. The smallest absolute Gasteiger partial charge is 0.386 e. The molecule has 1 heterocycles. The van der Waals surface area contributed by atoms with Crippen LogP contribution < -0.4 is 0 Å². The Kier molecular flexibility index (Phi) is 6.29. The Labute approximate surface area is 178 Å². The van der Waals surface area contributed by atoms with Gasteiger partial charge in [0.25, 0.3) is 0 Å². The third-order valence-corrected chi connectivity index (χ3v) is 4.41. The maximum Gasteiger partial charge on any atom is 0.386 e. The van der Waals surface area contributed by atoms with Crippen LogP contribution in [0.2, 0.25) is 0 Å². The van der Waals surface area contributed by atoms with E-state index in [2.05, 4.69) is 4.74 Å². The van der Waals surface area contributed by atoms with Crippen LogP contribution in [0, 0.1) is 0 Å². The Hall–Kier alpha value is -3.42. The first-order valence-corrected chi connectivity index (χ1v) is 9.62. The maximum atomic E-state index is 14.8. The highest BCUT2D eigenvalue weighted by Gasteiger charge is 2.56. The van der Waals surface area contributed by atoms with Crippen molar-refractivity contribution < 1.29 is 37.3 Å². The summed E-state index contributed by atoms with van der Waals surface area (Å²) in [6.07, 6.45) is -1.45. The van der Waals surface area contributed by atoms with Crippen molar-refractivity contribution in [3.63, 3.8) is 0 Å². The minimum absolute atomic E-state index is 0.0307. The summed E-state index contributed by atoms with van der Waals surface area (Å²) in [5.74, 6) is -8.81. The molecule has 164 valence electrons. The van der Waals surface area contributed by atoms with E-state index in [1.165, 1.54) is 32.9 Å². The molecule has 1 aliphatic heterocycles. The average Bonchev–Trinajstić information content (AvgIpc) is 3.11. The molecule has 0 bridgehead atoms. The number of ether oxygens (including phenoxy) is 4. The molecule has 0 amide bonds. The Morgan fingerprint density at radius 1 is 1.03 bits per heavy atom. The zero-order chi connectivity index (χ0) is 22.6. The fourth-order valence-electron chi connectivity index (χ4n) is 2.90. The van der Waals surface area contributed by atoms with Gasteiger partial charge in [0.15, 0.2) is 5.76 Å². The Morgan fingerprint density at radius 2 is 1.65 bits per heavy atom. The monoisotopic (exact) mass is 432 g/mol. The van der Waals surface area contributed by atoms with Crippen LogP contribution in [0.1, 0.15) is 31.1 Å². The van der Waals surface area contributed by atoms with Crippen molar-refractivity contribution in [1.29, 1.82) is 0 Å². The van der Waals surface area contributed by atoms with Crippen LogP contribution in [0.25, 0.3) is 11.1 Å². The quantitative estimate of drug-likeness (QED) is 0.591. The minimum Gasteiger partial charge on any atom is -0.461 e. The van der Waals surface area contributed by atoms with Gasteiger partial charge in [0.2, 0.25) is 11.9 Å². The zero-order valence-corrected chi connectivity index (χ0v) is 17.3. The van der Waals surface area contributed by atoms with Crippen LogP contribution in [-0.2, 0) is 23.7 Å². The summed E-state index contributed by atoms with van der Waals surface area (Å²) in [5, 5.41) is 0. The predicted octanol–water partition coefficient (Wildman–Crippen LogP) is 4.70. The van der Waals surface area contributed by atoms with E-state index in [1.807, 2.05) is 30.3 Å². The van der Waals surface area contributed by atoms with E-state index in [0.29, 0.717) is 0 Å². The molecule has 0 aliphatic carbocycles. The van der Waals surface area contributed by atoms with Crippen LogP contribution in [0.4, 0.5) is 8.78 Å². The van der Waals surface area contributed by atoms with Gasteiger partial charge in [-0.2, -0.15) is 8.78 Å². The molecule has 0 spiro atoms. The third kappa shape index (κ3) is 5.02. The van der Waals surface area contributed by atoms with Crippen molar-refractivity contribution in [2.45, 2.75) is 38.6 Å². The number of carbonyl (C=O) groups excluding carboxylic acids is 2. The highest BCUT2D eigenvalue weighted by Crippen LogP contribution is 2.36. The van der Waals surface area contributed by atoms with E-state index in [0.717, 1.165) is 17.4 Å². The molecule has 31 heavy (non-hydrogen) atoms. The highest BCUT2D eigenvalue weighted by molar-refractivity contribution is 5.91. The van der Waals surface area contributed by atoms with Crippen LogP contribution in [-0.4, -0.2) is 36.4 Å². The van der Waals surface area contributed by atoms with Crippen LogP contribution in [0.15, 0.2) is 66.6 Å². The lowest BCUT2D eigenvalue weighted by molar-refractivity contribution is -0.193. The largest absolute Gasteiger partial charge is 0.461 e. The molecule has 1 atom stereocenters. The standard InChI is InChI=1S/C23H22F2O6/c1-4-28-21(27)23(24,25)19(18-14-29-22(2,3)31-18)30-20(26)17-12-10-16(11-13-17)15-8-6-5-7-9-15/h5-14,19H,4H2,1-3H3. The minimum atomic E-state index is -4.19. The molecule has 1 unspecified atom stereocenters. The van der Waals surface area contributed by atoms with Crippen molar-refractivity contribution in [3.8, 4) is 11.1 Å². The molecule has 2 aromatic rings. The summed E-state index contributed by atoms with van der Waals surface area (Å²) in [6, 6.07) is 15.7. The van der Waals surface area contributed by atoms with Crippen LogP contribution >= 0.6 is 0 Å². The topological polar surface area (TPSA) is 71.1 Å². The zero-order valence-electron chi connectivity index (χ0n) is 17.3. The first-order chi connectivity index (χ1) is 14.6. The lowest BCUT2D eigenvalue weighted by Crippen LogP contribution is -2.47. The molecule has 8 heteroatoms. The van der Waals surface area contributed by atoms with Gasteiger partial charge < -0.3 is 18.9 Å². The molecule has 3 rings (SSSR count). The van der Waals surface area contributed by atoms with Crippen LogP contribution in [0.3, 0.4) is 0 Å². The molecule has 1 aliphatic rings. The fourth-order valence-corrected chi connectivity index (χ4v) is 2.90. The maximum absolute atomic E-state index is 14.8. The Balaban J connectivity index is 1.83. The van der Waals surface area contributed by atoms with Crippen LogP contribution in [0.5, 0.6) is 0 Å². The lowest BCUT2D eigenvalue weighted by atomic mass is 10.0. The summed E-state index contributed by atoms with van der Waals surface area (Å²) >= 11 is 0. The SMILES string of the molecule is CCOC(=O)C(F)(F)C(OC(=O)c1ccc(-c2ccccc2)cc1)C1=COC(C)(C)O1. The second-order valence-corrected chi connectivity index (χ2v) is 7.21. The first kappa shape index (κ1) is 22.3. The average molecular weight is 432 g/mol. The Morgan fingerprint density at radius 3 is 2.19 bits per heavy atom. The number of hydrogen-bond donors (Lipinski definition) is 0. The van der Waals surface area contributed by atoms with Gasteiger partial charge in [-0.1, -0.05) is 42.5 Å². The first-order valence-electron chi connectivity index (χ1n) is 9.62. The van der Waals surface area contributed by atoms with E-state index in [1.54, 1.807) is 12.1 Å². The van der Waals surface area contributed by atoms with Crippen molar-refractivity contribution >= 4 is 11.9 Å². The number of esters is 2. The number of carbonyl (C=O) groups is 2. The van der Waals surface area contributed by atoms with Crippen molar-refractivity contribution in [2.24, 2.45) is 0 Å². The summed E-state index contributed by atoms with van der Waals surface area (Å²) in [4.78, 5) is 24.5. The fraction of sp³-hybridized carbons (Fsp3) is 0.304. The summed E-state index contributed by atoms with van der Waals surface area (Å²) in [6.45, 7) is 4.10. The van der Waals surface area contributed by atoms with Gasteiger partial charge in [-0.15, -0.1) is 0 Å². The molecule has 0 aromatic heterocycles. The molecule has 0 radical (unpaired) electrons. The van der Waals surface area contributed by atoms with E-state index in [-0.39, 0.29) is 12.2 Å². The van der Waals surface area contributed by atoms with E-state index >= 15 is 0 Å². The molecule has 0 fully saturated rings. The molecule has 0 saturated carbocycles. The normalized spacial score (nSPS) is 15.8. The molecular weight excluding hydrogens is 410 g/mol. The number of rotatable bonds is 7. The highest BCUT2D eigenvalue weighted by atomic mass is 19.3. The van der Waals surface area contributed by atoms with Gasteiger partial charge in [-0.25, -0.2) is 9.59 Å². The van der Waals surface area contributed by atoms with Crippen molar-refractivity contribution in [2.75, 3.05) is 6.61 Å². The number of benzene rings is 2. The molecule has 2 aromatic carbocycles. The van der Waals surface area contributed by atoms with E-state index < -0.39 is 35.5 Å². The van der Waals surface area contributed by atoms with E-state index in [4.69, 9.17) is 14.2 Å². The molecule has 0 N–H and O–H groups in total. The van der Waals surface area contributed by atoms with Gasteiger partial charge in [0.05, 0.1) is 12.2 Å². The second kappa shape index (κ2) is 8.75. The Bertz CT molecular complexity index is 967. The van der Waals surface area contributed by atoms with Gasteiger partial charge in [-0.05, 0) is 30.2 Å². The molecule has 0 saturated heterocycles. The van der Waals surface area contributed by atoms with Crippen molar-refractivity contribution in [3.05, 3.63) is 72.2 Å². The predicted molar refractivity (Wildman–Crippen MR) is 107 cm³/mol. The van der Waals surface area contributed by atoms with Gasteiger partial charge in [-0.3, -0.25) is 0 Å². The van der Waals surface area contributed by atoms with E-state index in [9.17, 15) is 18.4 Å². The van der Waals surface area contributed by atoms with Gasteiger partial charge >= 0.3 is 17.9 Å². The summed E-state index contributed by atoms with van der Waals surface area (Å²) < 4.78 is 49.6.